The number of fused-ring (bicyclic) bond motifs is 1. The van der Waals surface area contributed by atoms with Crippen molar-refractivity contribution in [2.75, 3.05) is 0 Å². The molecule has 2 heterocycles. The van der Waals surface area contributed by atoms with Crippen LogP contribution in [0, 0.1) is 0 Å². The van der Waals surface area contributed by atoms with Crippen molar-refractivity contribution in [3.8, 4) is 5.75 Å². The van der Waals surface area contributed by atoms with Crippen molar-refractivity contribution in [1.82, 2.24) is 14.9 Å². The van der Waals surface area contributed by atoms with E-state index in [1.54, 1.807) is 40.9 Å². The Morgan fingerprint density at radius 3 is 2.81 bits per heavy atom. The van der Waals surface area contributed by atoms with Crippen LogP contribution in [-0.4, -0.2) is 32.8 Å². The van der Waals surface area contributed by atoms with E-state index in [2.05, 4.69) is 10.4 Å². The van der Waals surface area contributed by atoms with Gasteiger partial charge in [-0.1, -0.05) is 35.3 Å². The molecule has 0 atom stereocenters. The van der Waals surface area contributed by atoms with Crippen molar-refractivity contribution in [1.29, 1.82) is 0 Å². The summed E-state index contributed by atoms with van der Waals surface area (Å²) in [7, 11) is 0. The van der Waals surface area contributed by atoms with E-state index in [-0.39, 0.29) is 24.7 Å². The van der Waals surface area contributed by atoms with Crippen LogP contribution in [0.5, 0.6) is 5.75 Å². The quantitative estimate of drug-likeness (QED) is 0.681. The van der Waals surface area contributed by atoms with Crippen molar-refractivity contribution in [2.45, 2.75) is 31.6 Å². The molecule has 27 heavy (non-hydrogen) atoms. The molecule has 0 radical (unpaired) electrons. The van der Waals surface area contributed by atoms with Gasteiger partial charge in [0, 0.05) is 18.9 Å². The van der Waals surface area contributed by atoms with Gasteiger partial charge in [-0.3, -0.25) is 4.79 Å². The van der Waals surface area contributed by atoms with Crippen molar-refractivity contribution < 1.29 is 14.6 Å². The SMILES string of the molecule is O=C(NC1CC(Oc2cccc(Cl)c2Cl)C1)c1cnn2c(CO)cccc12. The summed E-state index contributed by atoms with van der Waals surface area (Å²) >= 11 is 12.1. The number of ether oxygens (including phenoxy) is 1. The molecule has 0 saturated heterocycles. The van der Waals surface area contributed by atoms with E-state index >= 15 is 0 Å². The van der Waals surface area contributed by atoms with E-state index in [0.717, 1.165) is 0 Å². The third kappa shape index (κ3) is 3.48. The second kappa shape index (κ2) is 7.38. The summed E-state index contributed by atoms with van der Waals surface area (Å²) in [5.41, 5.74) is 1.77. The monoisotopic (exact) mass is 405 g/mol. The van der Waals surface area contributed by atoms with Gasteiger partial charge in [-0.15, -0.1) is 0 Å². The average molecular weight is 406 g/mol. The zero-order chi connectivity index (χ0) is 19.0. The lowest BCUT2D eigenvalue weighted by atomic mass is 9.89. The molecule has 3 aromatic rings. The largest absolute Gasteiger partial charge is 0.489 e. The van der Waals surface area contributed by atoms with Gasteiger partial charge in [0.05, 0.1) is 34.6 Å². The summed E-state index contributed by atoms with van der Waals surface area (Å²) in [5, 5.41) is 17.4. The second-order valence-corrected chi connectivity index (χ2v) is 7.25. The number of carbonyl (C=O) groups is 1. The number of aliphatic hydroxyl groups excluding tert-OH is 1. The molecule has 1 saturated carbocycles. The summed E-state index contributed by atoms with van der Waals surface area (Å²) in [5.74, 6) is 0.363. The Labute approximate surface area is 165 Å². The number of nitrogens with zero attached hydrogens (tertiary/aromatic N) is 2. The predicted molar refractivity (Wildman–Crippen MR) is 102 cm³/mol. The molecule has 0 spiro atoms. The molecule has 4 rings (SSSR count). The van der Waals surface area contributed by atoms with Crippen LogP contribution in [0.2, 0.25) is 10.0 Å². The van der Waals surface area contributed by atoms with E-state index in [1.165, 1.54) is 6.20 Å². The van der Waals surface area contributed by atoms with E-state index in [9.17, 15) is 9.90 Å². The number of hydrogen-bond donors (Lipinski definition) is 2. The van der Waals surface area contributed by atoms with Crippen molar-refractivity contribution in [2.24, 2.45) is 0 Å². The second-order valence-electron chi connectivity index (χ2n) is 6.46. The zero-order valence-electron chi connectivity index (χ0n) is 14.2. The fraction of sp³-hybridized carbons (Fsp3) is 0.263. The minimum Gasteiger partial charge on any atom is -0.489 e. The van der Waals surface area contributed by atoms with Crippen LogP contribution in [0.4, 0.5) is 0 Å². The molecule has 0 bridgehead atoms. The number of hydrogen-bond acceptors (Lipinski definition) is 4. The molecule has 1 fully saturated rings. The summed E-state index contributed by atoms with van der Waals surface area (Å²) in [6.07, 6.45) is 2.88. The molecule has 1 aliphatic carbocycles. The Hall–Kier alpha value is -2.28. The number of pyridine rings is 1. The first-order chi connectivity index (χ1) is 13.1. The summed E-state index contributed by atoms with van der Waals surface area (Å²) in [6.45, 7) is -0.145. The highest BCUT2D eigenvalue weighted by molar-refractivity contribution is 6.42. The maximum absolute atomic E-state index is 12.6. The van der Waals surface area contributed by atoms with Gasteiger partial charge in [0.25, 0.3) is 5.91 Å². The fourth-order valence-corrected chi connectivity index (χ4v) is 3.50. The summed E-state index contributed by atoms with van der Waals surface area (Å²) in [4.78, 5) is 12.6. The zero-order valence-corrected chi connectivity index (χ0v) is 15.7. The molecule has 1 aliphatic rings. The molecule has 2 N–H and O–H groups in total. The maximum Gasteiger partial charge on any atom is 0.255 e. The number of rotatable bonds is 5. The first-order valence-electron chi connectivity index (χ1n) is 8.55. The molecule has 6 nitrogen and oxygen atoms in total. The van der Waals surface area contributed by atoms with Gasteiger partial charge in [-0.05, 0) is 24.3 Å². The number of halogens is 2. The third-order valence-corrected chi connectivity index (χ3v) is 5.47. The lowest BCUT2D eigenvalue weighted by Gasteiger charge is -2.36. The van der Waals surface area contributed by atoms with E-state index < -0.39 is 0 Å². The fourth-order valence-electron chi connectivity index (χ4n) is 3.16. The Bertz CT molecular complexity index is 999. The van der Waals surface area contributed by atoms with Crippen LogP contribution in [0.25, 0.3) is 5.52 Å². The van der Waals surface area contributed by atoms with Crippen LogP contribution in [0.15, 0.2) is 42.6 Å². The Morgan fingerprint density at radius 2 is 2.04 bits per heavy atom. The molecule has 8 heteroatoms. The lowest BCUT2D eigenvalue weighted by molar-refractivity contribution is 0.0702. The number of aromatic nitrogens is 2. The number of carbonyl (C=O) groups excluding carboxylic acids is 1. The van der Waals surface area contributed by atoms with Gasteiger partial charge in [0.2, 0.25) is 0 Å². The number of amides is 1. The first-order valence-corrected chi connectivity index (χ1v) is 9.30. The van der Waals surface area contributed by atoms with Crippen LogP contribution >= 0.6 is 23.2 Å². The molecule has 140 valence electrons. The normalized spacial score (nSPS) is 18.9. The Morgan fingerprint density at radius 1 is 1.26 bits per heavy atom. The van der Waals surface area contributed by atoms with Gasteiger partial charge >= 0.3 is 0 Å². The van der Waals surface area contributed by atoms with Crippen LogP contribution in [0.1, 0.15) is 28.9 Å². The highest BCUT2D eigenvalue weighted by Gasteiger charge is 2.33. The van der Waals surface area contributed by atoms with Gasteiger partial charge in [0.1, 0.15) is 16.9 Å². The van der Waals surface area contributed by atoms with Crippen molar-refractivity contribution in [3.05, 3.63) is 63.9 Å². The smallest absolute Gasteiger partial charge is 0.255 e. The molecule has 0 unspecified atom stereocenters. The molecular weight excluding hydrogens is 389 g/mol. The summed E-state index contributed by atoms with van der Waals surface area (Å²) in [6, 6.07) is 10.6. The van der Waals surface area contributed by atoms with Gasteiger partial charge in [0.15, 0.2) is 0 Å². The van der Waals surface area contributed by atoms with Gasteiger partial charge in [-0.2, -0.15) is 5.10 Å². The van der Waals surface area contributed by atoms with Gasteiger partial charge in [-0.25, -0.2) is 4.52 Å². The summed E-state index contributed by atoms with van der Waals surface area (Å²) < 4.78 is 7.43. The minimum atomic E-state index is -0.190. The topological polar surface area (TPSA) is 75.9 Å². The van der Waals surface area contributed by atoms with E-state index in [4.69, 9.17) is 27.9 Å². The highest BCUT2D eigenvalue weighted by atomic mass is 35.5. The predicted octanol–water partition coefficient (Wildman–Crippen LogP) is 3.47. The molecule has 0 aliphatic heterocycles. The molecule has 1 aromatic carbocycles. The molecular formula is C19H17Cl2N3O3. The number of nitrogens with one attached hydrogen (secondary N) is 1. The van der Waals surface area contributed by atoms with Gasteiger partial charge < -0.3 is 15.2 Å². The van der Waals surface area contributed by atoms with Crippen molar-refractivity contribution >= 4 is 34.6 Å². The Kier molecular flexibility index (Phi) is 4.95. The Balaban J connectivity index is 1.38. The minimum absolute atomic E-state index is 0.0174. The molecule has 2 aromatic heterocycles. The first kappa shape index (κ1) is 18.1. The van der Waals surface area contributed by atoms with Crippen molar-refractivity contribution in [3.63, 3.8) is 0 Å². The number of aliphatic hydroxyl groups is 1. The lowest BCUT2D eigenvalue weighted by Crippen LogP contribution is -2.49. The van der Waals surface area contributed by atoms with Crippen LogP contribution in [-0.2, 0) is 6.61 Å². The van der Waals surface area contributed by atoms with Crippen LogP contribution < -0.4 is 10.1 Å². The maximum atomic E-state index is 12.6. The average Bonchev–Trinajstić information content (AvgIpc) is 3.07. The van der Waals surface area contributed by atoms with E-state index in [1.807, 2.05) is 0 Å². The highest BCUT2D eigenvalue weighted by Crippen LogP contribution is 2.35. The number of benzene rings is 1. The van der Waals surface area contributed by atoms with E-state index in [0.29, 0.717) is 45.4 Å². The molecule has 1 amide bonds. The standard InChI is InChI=1S/C19H17Cl2N3O3/c20-15-4-2-6-17(18(15)21)27-13-7-11(8-13)23-19(26)14-9-22-24-12(10-25)3-1-5-16(14)24/h1-6,9,11,13,25H,7-8,10H2,(H,23,26). The third-order valence-electron chi connectivity index (χ3n) is 4.67. The van der Waals surface area contributed by atoms with Crippen LogP contribution in [0.3, 0.4) is 0 Å².